The predicted octanol–water partition coefficient (Wildman–Crippen LogP) is 5.84. The summed E-state index contributed by atoms with van der Waals surface area (Å²) in [5, 5.41) is 6.75. The van der Waals surface area contributed by atoms with E-state index in [0.29, 0.717) is 0 Å². The quantitative estimate of drug-likeness (QED) is 0.153. The van der Waals surface area contributed by atoms with Crippen LogP contribution in [0.5, 0.6) is 0 Å². The molecule has 6 aromatic rings. The van der Waals surface area contributed by atoms with E-state index < -0.39 is 0 Å². The number of hydrogen-bond donors (Lipinski definition) is 0. The monoisotopic (exact) mass is 367 g/mol. The van der Waals surface area contributed by atoms with E-state index in [1.165, 1.54) is 59.5 Å². The number of fused-ring (bicyclic) bond motifs is 6. The Morgan fingerprint density at radius 3 is 2.56 bits per heavy atom. The summed E-state index contributed by atoms with van der Waals surface area (Å²) in [5.74, 6) is 0. The fourth-order valence-electron chi connectivity index (χ4n) is 4.83. The molecular formula is C24H19N2S+. The maximum absolute atomic E-state index is 2.49. The topological polar surface area (TPSA) is 8.29 Å². The SMILES string of the molecule is CSc1cc2cc[n+](C)c3c4c(C)cccc4n4c5ccccc5c1c4c23. The Bertz CT molecular complexity index is 1520. The first-order valence-electron chi connectivity index (χ1n) is 9.23. The van der Waals surface area contributed by atoms with Crippen molar-refractivity contribution in [1.29, 1.82) is 0 Å². The van der Waals surface area contributed by atoms with E-state index in [9.17, 15) is 0 Å². The summed E-state index contributed by atoms with van der Waals surface area (Å²) >= 11 is 1.84. The van der Waals surface area contributed by atoms with Gasteiger partial charge in [0, 0.05) is 21.7 Å². The third-order valence-corrected chi connectivity index (χ3v) is 6.71. The zero-order chi connectivity index (χ0) is 18.3. The number of aryl methyl sites for hydroxylation is 2. The van der Waals surface area contributed by atoms with Crippen LogP contribution in [-0.2, 0) is 7.05 Å². The van der Waals surface area contributed by atoms with Gasteiger partial charge in [0.2, 0.25) is 5.52 Å². The van der Waals surface area contributed by atoms with Gasteiger partial charge < -0.3 is 4.40 Å². The van der Waals surface area contributed by atoms with Crippen molar-refractivity contribution in [3.05, 3.63) is 66.4 Å². The molecule has 6 rings (SSSR count). The number of nitrogens with zero attached hydrogens (tertiary/aromatic N) is 2. The lowest BCUT2D eigenvalue weighted by Gasteiger charge is -2.13. The molecule has 0 saturated heterocycles. The summed E-state index contributed by atoms with van der Waals surface area (Å²) in [6.45, 7) is 2.22. The third-order valence-electron chi connectivity index (χ3n) is 5.95. The van der Waals surface area contributed by atoms with Crippen molar-refractivity contribution < 1.29 is 4.57 Å². The van der Waals surface area contributed by atoms with Crippen molar-refractivity contribution in [3.8, 4) is 0 Å². The maximum atomic E-state index is 2.49. The van der Waals surface area contributed by atoms with Crippen molar-refractivity contribution in [3.63, 3.8) is 0 Å². The summed E-state index contributed by atoms with van der Waals surface area (Å²) in [5.41, 5.74) is 6.58. The molecule has 0 atom stereocenters. The Kier molecular flexibility index (Phi) is 2.91. The minimum Gasteiger partial charge on any atom is -0.307 e. The number of thioether (sulfide) groups is 1. The van der Waals surface area contributed by atoms with Crippen molar-refractivity contribution in [1.82, 2.24) is 4.40 Å². The Hall–Kier alpha value is -2.78. The van der Waals surface area contributed by atoms with E-state index >= 15 is 0 Å². The highest BCUT2D eigenvalue weighted by Gasteiger charge is 2.25. The van der Waals surface area contributed by atoms with E-state index in [2.05, 4.69) is 90.0 Å². The highest BCUT2D eigenvalue weighted by Crippen LogP contribution is 2.44. The van der Waals surface area contributed by atoms with E-state index in [-0.39, 0.29) is 0 Å². The molecule has 0 fully saturated rings. The molecule has 0 radical (unpaired) electrons. The second kappa shape index (κ2) is 5.14. The molecule has 27 heavy (non-hydrogen) atoms. The summed E-state index contributed by atoms with van der Waals surface area (Å²) in [7, 11) is 2.16. The molecule has 0 unspecified atom stereocenters. The molecule has 3 aromatic carbocycles. The molecule has 2 nitrogen and oxygen atoms in total. The fraction of sp³-hybridized carbons (Fsp3) is 0.125. The van der Waals surface area contributed by atoms with Crippen LogP contribution in [0.2, 0.25) is 0 Å². The van der Waals surface area contributed by atoms with Gasteiger partial charge in [-0.15, -0.1) is 11.8 Å². The first kappa shape index (κ1) is 15.3. The minimum atomic E-state index is 1.29. The van der Waals surface area contributed by atoms with Gasteiger partial charge in [0.05, 0.1) is 27.3 Å². The molecule has 0 N–H and O–H groups in total. The standard InChI is InChI=1S/C24H19N2S/c1-14-7-6-10-18-20(14)23-21-15(11-12-25(23)2)13-19(27-3)22-16-8-4-5-9-17(16)26(18)24(21)22/h4-13H,1-3H3/q+1. The summed E-state index contributed by atoms with van der Waals surface area (Å²) in [6.07, 6.45) is 4.38. The molecule has 0 spiro atoms. The van der Waals surface area contributed by atoms with Crippen LogP contribution < -0.4 is 4.57 Å². The van der Waals surface area contributed by atoms with E-state index in [1.54, 1.807) is 0 Å². The molecule has 3 heteroatoms. The van der Waals surface area contributed by atoms with Crippen LogP contribution in [0, 0.1) is 6.92 Å². The number of hydrogen-bond acceptors (Lipinski definition) is 1. The highest BCUT2D eigenvalue weighted by atomic mass is 32.2. The lowest BCUT2D eigenvalue weighted by molar-refractivity contribution is -0.643. The molecule has 0 bridgehead atoms. The molecule has 3 heterocycles. The van der Waals surface area contributed by atoms with Crippen LogP contribution in [0.25, 0.3) is 49.0 Å². The number of pyridine rings is 2. The second-order valence-electron chi connectivity index (χ2n) is 7.36. The smallest absolute Gasteiger partial charge is 0.224 e. The number of para-hydroxylation sites is 1. The minimum absolute atomic E-state index is 1.29. The Morgan fingerprint density at radius 1 is 0.889 bits per heavy atom. The summed E-state index contributed by atoms with van der Waals surface area (Å²) < 4.78 is 4.77. The van der Waals surface area contributed by atoms with Crippen LogP contribution in [0.15, 0.2) is 65.7 Å². The first-order chi connectivity index (χ1) is 13.2. The van der Waals surface area contributed by atoms with Crippen molar-refractivity contribution in [2.24, 2.45) is 7.05 Å². The molecule has 0 amide bonds. The van der Waals surface area contributed by atoms with E-state index in [1.807, 2.05) is 11.8 Å². The van der Waals surface area contributed by atoms with Gasteiger partial charge in [-0.1, -0.05) is 30.3 Å². The van der Waals surface area contributed by atoms with Crippen LogP contribution in [0.3, 0.4) is 0 Å². The predicted molar refractivity (Wildman–Crippen MR) is 116 cm³/mol. The summed E-state index contributed by atoms with van der Waals surface area (Å²) in [6, 6.07) is 20.1. The maximum Gasteiger partial charge on any atom is 0.224 e. The van der Waals surface area contributed by atoms with Crippen LogP contribution >= 0.6 is 11.8 Å². The highest BCUT2D eigenvalue weighted by molar-refractivity contribution is 7.98. The zero-order valence-corrected chi connectivity index (χ0v) is 16.4. The van der Waals surface area contributed by atoms with Crippen LogP contribution in [0.4, 0.5) is 0 Å². The number of aromatic nitrogens is 2. The van der Waals surface area contributed by atoms with Gasteiger partial charge in [0.1, 0.15) is 7.05 Å². The van der Waals surface area contributed by atoms with Gasteiger partial charge in [-0.25, -0.2) is 4.57 Å². The van der Waals surface area contributed by atoms with Gasteiger partial charge >= 0.3 is 0 Å². The lowest BCUT2D eigenvalue weighted by Crippen LogP contribution is -2.28. The molecule has 130 valence electrons. The zero-order valence-electron chi connectivity index (χ0n) is 15.6. The number of rotatable bonds is 1. The van der Waals surface area contributed by atoms with Crippen LogP contribution in [-0.4, -0.2) is 10.7 Å². The van der Waals surface area contributed by atoms with Gasteiger partial charge in [-0.05, 0) is 42.3 Å². The molecule has 0 aliphatic carbocycles. The van der Waals surface area contributed by atoms with E-state index in [4.69, 9.17) is 0 Å². The van der Waals surface area contributed by atoms with Crippen molar-refractivity contribution >= 4 is 60.8 Å². The fourth-order valence-corrected chi connectivity index (χ4v) is 5.49. The van der Waals surface area contributed by atoms with Gasteiger partial charge in [0.15, 0.2) is 6.20 Å². The number of benzene rings is 3. The van der Waals surface area contributed by atoms with Crippen molar-refractivity contribution in [2.45, 2.75) is 11.8 Å². The normalized spacial score (nSPS) is 12.4. The molecule has 0 aliphatic rings. The average Bonchev–Trinajstić information content (AvgIpc) is 3.04. The van der Waals surface area contributed by atoms with Crippen LogP contribution in [0.1, 0.15) is 5.56 Å². The van der Waals surface area contributed by atoms with Gasteiger partial charge in [0.25, 0.3) is 0 Å². The molecule has 0 saturated carbocycles. The third kappa shape index (κ3) is 1.75. The first-order valence-corrected chi connectivity index (χ1v) is 10.5. The van der Waals surface area contributed by atoms with Crippen molar-refractivity contribution in [2.75, 3.05) is 6.26 Å². The van der Waals surface area contributed by atoms with Gasteiger partial charge in [-0.3, -0.25) is 0 Å². The second-order valence-corrected chi connectivity index (χ2v) is 8.21. The van der Waals surface area contributed by atoms with E-state index in [0.717, 1.165) is 0 Å². The largest absolute Gasteiger partial charge is 0.307 e. The molecule has 0 aliphatic heterocycles. The lowest BCUT2D eigenvalue weighted by atomic mass is 10.00. The molecular weight excluding hydrogens is 348 g/mol. The molecule has 3 aromatic heterocycles. The van der Waals surface area contributed by atoms with Gasteiger partial charge in [-0.2, -0.15) is 0 Å². The Labute approximate surface area is 161 Å². The Morgan fingerprint density at radius 2 is 1.70 bits per heavy atom. The Balaban J connectivity index is 2.16. The average molecular weight is 367 g/mol. The summed E-state index contributed by atoms with van der Waals surface area (Å²) in [4.78, 5) is 1.35.